The summed E-state index contributed by atoms with van der Waals surface area (Å²) >= 11 is 1.20. The third kappa shape index (κ3) is 5.05. The standard InChI is InChI=1S/C20H17F3N2O3S/c1-11-17(29-19(25-11)13-4-6-14(21)7-5-13)18(26)24-10-12-3-8-15(28-20(22)23)16(9-12)27-2/h3-9,20H,10H2,1-2H3,(H,24,26). The maximum atomic E-state index is 13.1. The molecule has 1 N–H and O–H groups in total. The van der Waals surface area contributed by atoms with E-state index in [1.165, 1.54) is 42.7 Å². The largest absolute Gasteiger partial charge is 0.493 e. The molecule has 0 aliphatic carbocycles. The molecule has 2 aromatic carbocycles. The van der Waals surface area contributed by atoms with Gasteiger partial charge in [-0.05, 0) is 48.9 Å². The molecule has 1 amide bonds. The Kier molecular flexibility index (Phi) is 6.38. The summed E-state index contributed by atoms with van der Waals surface area (Å²) in [7, 11) is 1.34. The Labute approximate surface area is 169 Å². The lowest BCUT2D eigenvalue weighted by molar-refractivity contribution is -0.0512. The summed E-state index contributed by atoms with van der Waals surface area (Å²) in [5.41, 5.74) is 1.93. The average molecular weight is 422 g/mol. The average Bonchev–Trinajstić information content (AvgIpc) is 3.08. The number of hydrogen-bond donors (Lipinski definition) is 1. The van der Waals surface area contributed by atoms with Gasteiger partial charge in [-0.2, -0.15) is 8.78 Å². The molecule has 0 atom stereocenters. The molecule has 0 saturated carbocycles. The van der Waals surface area contributed by atoms with Crippen molar-refractivity contribution in [2.75, 3.05) is 7.11 Å². The first-order valence-corrected chi connectivity index (χ1v) is 9.32. The number of aromatic nitrogens is 1. The minimum absolute atomic E-state index is 0.0835. The monoisotopic (exact) mass is 422 g/mol. The van der Waals surface area contributed by atoms with Gasteiger partial charge in [-0.1, -0.05) is 6.07 Å². The van der Waals surface area contributed by atoms with Crippen molar-refractivity contribution in [2.24, 2.45) is 0 Å². The Balaban J connectivity index is 1.70. The zero-order valence-corrected chi connectivity index (χ0v) is 16.4. The second kappa shape index (κ2) is 8.95. The number of rotatable bonds is 7. The van der Waals surface area contributed by atoms with Crippen LogP contribution in [0.1, 0.15) is 20.9 Å². The van der Waals surface area contributed by atoms with Gasteiger partial charge in [-0.3, -0.25) is 4.79 Å². The van der Waals surface area contributed by atoms with Gasteiger partial charge in [0.2, 0.25) is 0 Å². The molecule has 9 heteroatoms. The third-order valence-corrected chi connectivity index (χ3v) is 5.20. The number of thiazole rings is 1. The molecule has 5 nitrogen and oxygen atoms in total. The van der Waals surface area contributed by atoms with Crippen molar-refractivity contribution in [2.45, 2.75) is 20.1 Å². The van der Waals surface area contributed by atoms with Gasteiger partial charge in [-0.15, -0.1) is 11.3 Å². The number of amides is 1. The predicted octanol–water partition coefficient (Wildman–Crippen LogP) is 4.80. The van der Waals surface area contributed by atoms with E-state index in [-0.39, 0.29) is 29.8 Å². The van der Waals surface area contributed by atoms with Gasteiger partial charge in [0.25, 0.3) is 5.91 Å². The van der Waals surface area contributed by atoms with Crippen molar-refractivity contribution in [3.8, 4) is 22.1 Å². The molecule has 0 unspecified atom stereocenters. The number of aryl methyl sites for hydroxylation is 1. The van der Waals surface area contributed by atoms with Crippen LogP contribution in [-0.4, -0.2) is 24.6 Å². The lowest BCUT2D eigenvalue weighted by atomic mass is 10.2. The Hall–Kier alpha value is -3.07. The van der Waals surface area contributed by atoms with Crippen LogP contribution >= 0.6 is 11.3 Å². The Bertz CT molecular complexity index is 1010. The fourth-order valence-corrected chi connectivity index (χ4v) is 3.59. The third-order valence-electron chi connectivity index (χ3n) is 3.99. The van der Waals surface area contributed by atoms with Crippen LogP contribution in [-0.2, 0) is 6.54 Å². The summed E-state index contributed by atoms with van der Waals surface area (Å²) < 4.78 is 47.3. The van der Waals surface area contributed by atoms with Gasteiger partial charge in [0.1, 0.15) is 15.7 Å². The number of carbonyl (C=O) groups is 1. The van der Waals surface area contributed by atoms with Crippen molar-refractivity contribution >= 4 is 17.2 Å². The molecule has 1 aromatic heterocycles. The van der Waals surface area contributed by atoms with Crippen molar-refractivity contribution < 1.29 is 27.4 Å². The van der Waals surface area contributed by atoms with E-state index < -0.39 is 6.61 Å². The lowest BCUT2D eigenvalue weighted by Gasteiger charge is -2.11. The molecule has 29 heavy (non-hydrogen) atoms. The Morgan fingerprint density at radius 1 is 1.17 bits per heavy atom. The molecule has 0 radical (unpaired) electrons. The molecule has 1 heterocycles. The summed E-state index contributed by atoms with van der Waals surface area (Å²) in [6.45, 7) is -1.08. The van der Waals surface area contributed by atoms with Crippen LogP contribution in [0.3, 0.4) is 0 Å². The smallest absolute Gasteiger partial charge is 0.387 e. The van der Waals surface area contributed by atoms with Gasteiger partial charge in [-0.25, -0.2) is 9.37 Å². The number of methoxy groups -OCH3 is 1. The molecular weight excluding hydrogens is 405 g/mol. The van der Waals surface area contributed by atoms with Crippen LogP contribution < -0.4 is 14.8 Å². The lowest BCUT2D eigenvalue weighted by Crippen LogP contribution is -2.22. The van der Waals surface area contributed by atoms with Gasteiger partial charge in [0.15, 0.2) is 11.5 Å². The number of nitrogens with one attached hydrogen (secondary N) is 1. The zero-order chi connectivity index (χ0) is 21.0. The molecule has 3 rings (SSSR count). The minimum Gasteiger partial charge on any atom is -0.493 e. The number of ether oxygens (including phenoxy) is 2. The molecule has 3 aromatic rings. The van der Waals surface area contributed by atoms with Gasteiger partial charge in [0, 0.05) is 12.1 Å². The van der Waals surface area contributed by atoms with E-state index in [2.05, 4.69) is 15.0 Å². The predicted molar refractivity (Wildman–Crippen MR) is 103 cm³/mol. The first-order chi connectivity index (χ1) is 13.9. The van der Waals surface area contributed by atoms with Crippen LogP contribution in [0.15, 0.2) is 42.5 Å². The highest BCUT2D eigenvalue weighted by molar-refractivity contribution is 7.17. The summed E-state index contributed by atoms with van der Waals surface area (Å²) in [5.74, 6) is -0.606. The summed E-state index contributed by atoms with van der Waals surface area (Å²) in [5, 5.41) is 3.38. The molecule has 0 saturated heterocycles. The normalized spacial score (nSPS) is 10.8. The maximum absolute atomic E-state index is 13.1. The van der Waals surface area contributed by atoms with Gasteiger partial charge in [0.05, 0.1) is 12.8 Å². The van der Waals surface area contributed by atoms with E-state index in [0.717, 1.165) is 5.56 Å². The SMILES string of the molecule is COc1cc(CNC(=O)c2sc(-c3ccc(F)cc3)nc2C)ccc1OC(F)F. The van der Waals surface area contributed by atoms with E-state index in [1.54, 1.807) is 25.1 Å². The molecule has 0 aliphatic heterocycles. The number of hydrogen-bond acceptors (Lipinski definition) is 5. The van der Waals surface area contributed by atoms with E-state index in [9.17, 15) is 18.0 Å². The fourth-order valence-electron chi connectivity index (χ4n) is 2.60. The van der Waals surface area contributed by atoms with Crippen LogP contribution in [0, 0.1) is 12.7 Å². The second-order valence-electron chi connectivity index (χ2n) is 5.99. The summed E-state index contributed by atoms with van der Waals surface area (Å²) in [4.78, 5) is 17.4. The quantitative estimate of drug-likeness (QED) is 0.594. The fraction of sp³-hybridized carbons (Fsp3) is 0.200. The minimum atomic E-state index is -2.96. The van der Waals surface area contributed by atoms with E-state index in [0.29, 0.717) is 21.1 Å². The summed E-state index contributed by atoms with van der Waals surface area (Å²) in [6, 6.07) is 10.3. The number of nitrogens with zero attached hydrogens (tertiary/aromatic N) is 1. The van der Waals surface area contributed by atoms with Crippen molar-refractivity contribution in [3.63, 3.8) is 0 Å². The van der Waals surface area contributed by atoms with E-state index in [4.69, 9.17) is 4.74 Å². The highest BCUT2D eigenvalue weighted by atomic mass is 32.1. The number of benzene rings is 2. The van der Waals surface area contributed by atoms with E-state index >= 15 is 0 Å². The van der Waals surface area contributed by atoms with Crippen LogP contribution in [0.2, 0.25) is 0 Å². The molecular formula is C20H17F3N2O3S. The number of carbonyl (C=O) groups excluding carboxylic acids is 1. The van der Waals surface area contributed by atoms with Gasteiger partial charge < -0.3 is 14.8 Å². The topological polar surface area (TPSA) is 60.5 Å². The highest BCUT2D eigenvalue weighted by Crippen LogP contribution is 2.30. The highest BCUT2D eigenvalue weighted by Gasteiger charge is 2.17. The molecule has 152 valence electrons. The van der Waals surface area contributed by atoms with Crippen molar-refractivity contribution in [3.05, 3.63) is 64.4 Å². The molecule has 0 fully saturated rings. The zero-order valence-electron chi connectivity index (χ0n) is 15.5. The molecule has 0 spiro atoms. The Morgan fingerprint density at radius 2 is 1.90 bits per heavy atom. The molecule has 0 aliphatic rings. The molecule has 0 bridgehead atoms. The van der Waals surface area contributed by atoms with Crippen LogP contribution in [0.25, 0.3) is 10.6 Å². The number of alkyl halides is 2. The van der Waals surface area contributed by atoms with Gasteiger partial charge >= 0.3 is 6.61 Å². The Morgan fingerprint density at radius 3 is 2.55 bits per heavy atom. The van der Waals surface area contributed by atoms with E-state index in [1.807, 2.05) is 0 Å². The van der Waals surface area contributed by atoms with Crippen LogP contribution in [0.5, 0.6) is 11.5 Å². The van der Waals surface area contributed by atoms with Crippen LogP contribution in [0.4, 0.5) is 13.2 Å². The maximum Gasteiger partial charge on any atom is 0.387 e. The number of halogens is 3. The second-order valence-corrected chi connectivity index (χ2v) is 6.99. The first-order valence-electron chi connectivity index (χ1n) is 8.50. The first kappa shape index (κ1) is 20.7. The van der Waals surface area contributed by atoms with Crippen molar-refractivity contribution in [1.82, 2.24) is 10.3 Å². The summed E-state index contributed by atoms with van der Waals surface area (Å²) in [6.07, 6.45) is 0. The van der Waals surface area contributed by atoms with Crippen molar-refractivity contribution in [1.29, 1.82) is 0 Å².